The van der Waals surface area contributed by atoms with Crippen LogP contribution in [0.2, 0.25) is 0 Å². The van der Waals surface area contributed by atoms with Gasteiger partial charge in [-0.15, -0.1) is 0 Å². The minimum atomic E-state index is -1.17. The second kappa shape index (κ2) is 8.48. The van der Waals surface area contributed by atoms with Crippen LogP contribution in [0.3, 0.4) is 0 Å². The number of aliphatic hydroxyl groups is 1. The van der Waals surface area contributed by atoms with Crippen LogP contribution in [0.25, 0.3) is 0 Å². The highest BCUT2D eigenvalue weighted by Gasteiger charge is 2.29. The van der Waals surface area contributed by atoms with E-state index in [-0.39, 0.29) is 18.3 Å². The molecule has 0 aromatic rings. The van der Waals surface area contributed by atoms with Crippen LogP contribution in [0, 0.1) is 23.2 Å². The minimum absolute atomic E-state index is 0.111. The lowest BCUT2D eigenvalue weighted by Crippen LogP contribution is -2.49. The molecule has 0 spiro atoms. The summed E-state index contributed by atoms with van der Waals surface area (Å²) in [5, 5.41) is 20.8. The van der Waals surface area contributed by atoms with Crippen molar-refractivity contribution in [1.29, 1.82) is 5.26 Å². The van der Waals surface area contributed by atoms with Gasteiger partial charge in [-0.2, -0.15) is 5.26 Å². The van der Waals surface area contributed by atoms with Crippen LogP contribution in [-0.4, -0.2) is 36.2 Å². The molecule has 3 atom stereocenters. The molecule has 108 valence electrons. The van der Waals surface area contributed by atoms with Gasteiger partial charge in [-0.05, 0) is 12.3 Å². The largest absolute Gasteiger partial charge is 0.467 e. The van der Waals surface area contributed by atoms with Crippen LogP contribution in [-0.2, 0) is 14.3 Å². The first kappa shape index (κ1) is 17.4. The number of carbonyl (C=O) groups is 2. The summed E-state index contributed by atoms with van der Waals surface area (Å²) in [4.78, 5) is 23.3. The Balaban J connectivity index is 4.69. The highest BCUT2D eigenvalue weighted by molar-refractivity contribution is 5.86. The SMILES string of the molecule is COC(=O)[C@H](NC(=O)[C@H](O)CC(C)C)[C@@H](C)CC#N. The van der Waals surface area contributed by atoms with E-state index in [9.17, 15) is 14.7 Å². The van der Waals surface area contributed by atoms with Gasteiger partial charge in [0, 0.05) is 12.3 Å². The van der Waals surface area contributed by atoms with E-state index in [0.717, 1.165) is 0 Å². The molecule has 0 saturated heterocycles. The average molecular weight is 270 g/mol. The number of hydrogen-bond acceptors (Lipinski definition) is 5. The number of carbonyl (C=O) groups excluding carboxylic acids is 2. The summed E-state index contributed by atoms with van der Waals surface area (Å²) in [6.07, 6.45) is -0.742. The third-order valence-electron chi connectivity index (χ3n) is 2.73. The first-order valence-electron chi connectivity index (χ1n) is 6.26. The summed E-state index contributed by atoms with van der Waals surface area (Å²) < 4.78 is 4.60. The van der Waals surface area contributed by atoms with Crippen LogP contribution in [0.15, 0.2) is 0 Å². The first-order valence-corrected chi connectivity index (χ1v) is 6.26. The van der Waals surface area contributed by atoms with Crippen molar-refractivity contribution in [2.75, 3.05) is 7.11 Å². The number of rotatable bonds is 7. The Morgan fingerprint density at radius 3 is 2.37 bits per heavy atom. The van der Waals surface area contributed by atoms with E-state index >= 15 is 0 Å². The maximum absolute atomic E-state index is 11.8. The maximum Gasteiger partial charge on any atom is 0.328 e. The number of hydrogen-bond donors (Lipinski definition) is 2. The zero-order chi connectivity index (χ0) is 15.0. The van der Waals surface area contributed by atoms with Gasteiger partial charge in [-0.1, -0.05) is 20.8 Å². The second-order valence-corrected chi connectivity index (χ2v) is 4.99. The van der Waals surface area contributed by atoms with Crippen molar-refractivity contribution in [3.63, 3.8) is 0 Å². The van der Waals surface area contributed by atoms with E-state index in [1.165, 1.54) is 7.11 Å². The highest BCUT2D eigenvalue weighted by Crippen LogP contribution is 2.11. The normalized spacial score (nSPS) is 15.2. The summed E-state index contributed by atoms with van der Waals surface area (Å²) >= 11 is 0. The molecule has 19 heavy (non-hydrogen) atoms. The van der Waals surface area contributed by atoms with E-state index in [2.05, 4.69) is 10.1 Å². The quantitative estimate of drug-likeness (QED) is 0.660. The molecule has 0 aliphatic carbocycles. The summed E-state index contributed by atoms with van der Waals surface area (Å²) in [5.41, 5.74) is 0. The Morgan fingerprint density at radius 1 is 1.37 bits per heavy atom. The monoisotopic (exact) mass is 270 g/mol. The van der Waals surface area contributed by atoms with Gasteiger partial charge in [-0.25, -0.2) is 4.79 Å². The molecule has 0 aliphatic rings. The molecule has 0 aliphatic heterocycles. The molecular formula is C13H22N2O4. The number of nitrogens with zero attached hydrogens (tertiary/aromatic N) is 1. The van der Waals surface area contributed by atoms with Gasteiger partial charge < -0.3 is 15.2 Å². The Morgan fingerprint density at radius 2 is 1.95 bits per heavy atom. The molecule has 0 bridgehead atoms. The van der Waals surface area contributed by atoms with Crippen molar-refractivity contribution in [1.82, 2.24) is 5.32 Å². The summed E-state index contributed by atoms with van der Waals surface area (Å²) in [7, 11) is 1.21. The van der Waals surface area contributed by atoms with Crippen molar-refractivity contribution in [3.8, 4) is 6.07 Å². The number of nitrogens with one attached hydrogen (secondary N) is 1. The lowest BCUT2D eigenvalue weighted by Gasteiger charge is -2.23. The number of aliphatic hydroxyl groups excluding tert-OH is 1. The van der Waals surface area contributed by atoms with Gasteiger partial charge in [0.2, 0.25) is 5.91 Å². The minimum Gasteiger partial charge on any atom is -0.467 e. The molecule has 0 aromatic carbocycles. The third-order valence-corrected chi connectivity index (χ3v) is 2.73. The van der Waals surface area contributed by atoms with Gasteiger partial charge in [0.25, 0.3) is 0 Å². The molecular weight excluding hydrogens is 248 g/mol. The first-order chi connectivity index (χ1) is 8.83. The second-order valence-electron chi connectivity index (χ2n) is 4.99. The molecule has 2 N–H and O–H groups in total. The van der Waals surface area contributed by atoms with Crippen LogP contribution < -0.4 is 5.32 Å². The van der Waals surface area contributed by atoms with E-state index in [1.54, 1.807) is 6.92 Å². The van der Waals surface area contributed by atoms with E-state index in [4.69, 9.17) is 5.26 Å². The number of methoxy groups -OCH3 is 1. The van der Waals surface area contributed by atoms with Crippen molar-refractivity contribution >= 4 is 11.9 Å². The number of amides is 1. The molecule has 0 aromatic heterocycles. The fourth-order valence-corrected chi connectivity index (χ4v) is 1.63. The average Bonchev–Trinajstić information content (AvgIpc) is 2.33. The smallest absolute Gasteiger partial charge is 0.328 e. The fourth-order valence-electron chi connectivity index (χ4n) is 1.63. The maximum atomic E-state index is 11.8. The van der Waals surface area contributed by atoms with Crippen molar-refractivity contribution in [2.45, 2.75) is 45.8 Å². The Labute approximate surface area is 113 Å². The zero-order valence-electron chi connectivity index (χ0n) is 11.8. The lowest BCUT2D eigenvalue weighted by atomic mass is 9.98. The number of nitriles is 1. The van der Waals surface area contributed by atoms with Gasteiger partial charge in [0.1, 0.15) is 12.1 Å². The molecule has 1 amide bonds. The molecule has 0 fully saturated rings. The van der Waals surface area contributed by atoms with E-state index < -0.39 is 24.0 Å². The van der Waals surface area contributed by atoms with Crippen LogP contribution in [0.1, 0.15) is 33.6 Å². The predicted octanol–water partition coefficient (Wildman–Crippen LogP) is 0.601. The zero-order valence-corrected chi connectivity index (χ0v) is 11.8. The fraction of sp³-hybridized carbons (Fsp3) is 0.769. The Kier molecular flexibility index (Phi) is 7.77. The Bertz CT molecular complexity index is 349. The van der Waals surface area contributed by atoms with Crippen molar-refractivity contribution in [2.24, 2.45) is 11.8 Å². The third kappa shape index (κ3) is 6.20. The van der Waals surface area contributed by atoms with E-state index in [0.29, 0.717) is 6.42 Å². The molecule has 6 nitrogen and oxygen atoms in total. The number of esters is 1. The van der Waals surface area contributed by atoms with E-state index in [1.807, 2.05) is 19.9 Å². The standard InChI is InChI=1S/C13H22N2O4/c1-8(2)7-10(16)12(17)15-11(13(18)19-4)9(3)5-6-14/h8-11,16H,5,7H2,1-4H3,(H,15,17)/t9-,10+,11+/m0/s1. The molecule has 6 heteroatoms. The number of ether oxygens (including phenoxy) is 1. The topological polar surface area (TPSA) is 99.4 Å². The molecule has 0 unspecified atom stereocenters. The highest BCUT2D eigenvalue weighted by atomic mass is 16.5. The lowest BCUT2D eigenvalue weighted by molar-refractivity contribution is -0.147. The van der Waals surface area contributed by atoms with Gasteiger partial charge in [0.05, 0.1) is 13.2 Å². The molecule has 0 rings (SSSR count). The molecule has 0 radical (unpaired) electrons. The van der Waals surface area contributed by atoms with Crippen LogP contribution >= 0.6 is 0 Å². The Hall–Kier alpha value is -1.61. The summed E-state index contributed by atoms with van der Waals surface area (Å²) in [6.45, 7) is 5.43. The van der Waals surface area contributed by atoms with Crippen molar-refractivity contribution < 1.29 is 19.4 Å². The van der Waals surface area contributed by atoms with Crippen LogP contribution in [0.5, 0.6) is 0 Å². The van der Waals surface area contributed by atoms with Gasteiger partial charge >= 0.3 is 5.97 Å². The van der Waals surface area contributed by atoms with Gasteiger partial charge in [-0.3, -0.25) is 4.79 Å². The molecule has 0 saturated carbocycles. The van der Waals surface area contributed by atoms with Gasteiger partial charge in [0.15, 0.2) is 0 Å². The predicted molar refractivity (Wildman–Crippen MR) is 68.8 cm³/mol. The summed E-state index contributed by atoms with van der Waals surface area (Å²) in [6, 6.07) is 1.02. The van der Waals surface area contributed by atoms with Crippen LogP contribution in [0.4, 0.5) is 0 Å². The molecule has 0 heterocycles. The van der Waals surface area contributed by atoms with Crippen molar-refractivity contribution in [3.05, 3.63) is 0 Å². The summed E-state index contributed by atoms with van der Waals surface area (Å²) in [5.74, 6) is -1.46.